The number of nitrogens with one attached hydrogen (secondary N) is 4. The molecule has 4 N–H and O–H groups in total. The van der Waals surface area contributed by atoms with E-state index in [1.807, 2.05) is 36.5 Å². The average molecular weight is 826 g/mol. The zero-order chi connectivity index (χ0) is 42.4. The van der Waals surface area contributed by atoms with Crippen molar-refractivity contribution in [3.63, 3.8) is 0 Å². The maximum absolute atomic E-state index is 13.3. The van der Waals surface area contributed by atoms with Crippen molar-refractivity contribution in [1.82, 2.24) is 44.9 Å². The van der Waals surface area contributed by atoms with Crippen LogP contribution in [-0.4, -0.2) is 97.7 Å². The Morgan fingerprint density at radius 2 is 1.30 bits per heavy atom. The van der Waals surface area contributed by atoms with Gasteiger partial charge in [0, 0.05) is 40.7 Å². The van der Waals surface area contributed by atoms with Crippen molar-refractivity contribution in [2.75, 3.05) is 27.3 Å². The highest BCUT2D eigenvalue weighted by Gasteiger charge is 2.37. The monoisotopic (exact) mass is 825 g/mol. The lowest BCUT2D eigenvalue weighted by atomic mass is 10.0. The van der Waals surface area contributed by atoms with Crippen LogP contribution in [0.4, 0.5) is 9.59 Å². The Balaban J connectivity index is 1.00. The topological polar surface area (TPSA) is 189 Å². The second-order valence-corrected chi connectivity index (χ2v) is 15.7. The summed E-state index contributed by atoms with van der Waals surface area (Å²) < 4.78 is 18.5. The van der Waals surface area contributed by atoms with Crippen molar-refractivity contribution in [3.8, 4) is 39.5 Å². The molecular weight excluding hydrogens is 779 g/mol. The molecule has 2 fully saturated rings. The van der Waals surface area contributed by atoms with E-state index in [0.717, 1.165) is 81.7 Å². The van der Waals surface area contributed by atoms with E-state index in [0.29, 0.717) is 24.7 Å². The minimum atomic E-state index is -0.737. The number of imidazole rings is 2. The third kappa shape index (κ3) is 7.31. The minimum absolute atomic E-state index is 0.185. The third-order valence-electron chi connectivity index (χ3n) is 12.0. The molecule has 16 nitrogen and oxygen atoms in total. The summed E-state index contributed by atoms with van der Waals surface area (Å²) in [6, 6.07) is 22.8. The van der Waals surface area contributed by atoms with Crippen LogP contribution in [0.2, 0.25) is 0 Å². The number of alkyl carbamates (subject to hydrolysis) is 2. The Labute approximate surface area is 351 Å². The fraction of sp³-hybridized carbons (Fsp3) is 0.333. The maximum atomic E-state index is 13.3. The summed E-state index contributed by atoms with van der Waals surface area (Å²) in [5.74, 6) is 1.73. The molecule has 0 bridgehead atoms. The molecule has 5 atom stereocenters. The summed E-state index contributed by atoms with van der Waals surface area (Å²) in [6.07, 6.45) is 5.01. The molecule has 3 aliphatic heterocycles. The Hall–Kier alpha value is -7.10. The number of aromatic nitrogens is 5. The molecular formula is C45H47N9O7. The molecule has 61 heavy (non-hydrogen) atoms. The SMILES string of the molecule is COC(=O)N[C@@H](C)C(=O)N1CCC[C@H]1c1ncc(-c2ccc3c(c2)O[C@@H](c2ccccc2)n2c-3cc3cc(-c4cnc([C@@H]5CCCN5C(=O)[C@H](C)NC(=O)OC)[nH]4)ccc32)[nH]1. The fourth-order valence-electron chi connectivity index (χ4n) is 8.90. The highest BCUT2D eigenvalue weighted by Crippen LogP contribution is 2.46. The van der Waals surface area contributed by atoms with Gasteiger partial charge in [0.25, 0.3) is 0 Å². The predicted molar refractivity (Wildman–Crippen MR) is 225 cm³/mol. The molecule has 0 radical (unpaired) electrons. The number of likely N-dealkylation sites (tertiary alicyclic amines) is 2. The van der Waals surface area contributed by atoms with Gasteiger partial charge in [-0.3, -0.25) is 9.59 Å². The van der Waals surface area contributed by atoms with Gasteiger partial charge < -0.3 is 49.2 Å². The fourth-order valence-corrected chi connectivity index (χ4v) is 8.90. The standard InChI is InChI=1S/C45H47N9O7/c1-25(48-44(57)59-3)41(55)52-18-8-12-35(52)39-46-23-32(50-39)28-15-17-34-30(20-28)21-37-31-16-14-29(22-38(31)61-43(54(34)37)27-10-6-5-7-11-27)33-24-47-40(51-33)36-13-9-19-53(36)42(56)26(2)49-45(58)60-4/h5-7,10-11,14-17,20-26,35-36,43H,8-9,12-13,18-19H2,1-4H3,(H,46,50)(H,47,51)(H,48,57)(H,49,58)/t25-,26-,35-,36-,43-/m0/s1. The van der Waals surface area contributed by atoms with Gasteiger partial charge in [-0.15, -0.1) is 0 Å². The van der Waals surface area contributed by atoms with E-state index >= 15 is 0 Å². The molecule has 6 aromatic rings. The maximum Gasteiger partial charge on any atom is 0.407 e. The first-order valence-electron chi connectivity index (χ1n) is 20.5. The molecule has 314 valence electrons. The third-order valence-corrected chi connectivity index (χ3v) is 12.0. The highest BCUT2D eigenvalue weighted by atomic mass is 16.5. The quantitative estimate of drug-likeness (QED) is 0.121. The lowest BCUT2D eigenvalue weighted by molar-refractivity contribution is -0.134. The number of carbonyl (C=O) groups is 4. The van der Waals surface area contributed by atoms with Gasteiger partial charge in [0.2, 0.25) is 18.0 Å². The van der Waals surface area contributed by atoms with E-state index in [1.54, 1.807) is 29.8 Å². The molecule has 0 saturated carbocycles. The van der Waals surface area contributed by atoms with Gasteiger partial charge in [-0.05, 0) is 69.9 Å². The van der Waals surface area contributed by atoms with E-state index in [1.165, 1.54) is 14.2 Å². The number of aromatic amines is 2. The van der Waals surface area contributed by atoms with Crippen LogP contribution in [0.3, 0.4) is 0 Å². The number of fused-ring (bicyclic) bond motifs is 5. The van der Waals surface area contributed by atoms with Crippen molar-refractivity contribution < 1.29 is 33.4 Å². The van der Waals surface area contributed by atoms with Crippen LogP contribution in [0.1, 0.15) is 75.1 Å². The van der Waals surface area contributed by atoms with Gasteiger partial charge in [0.15, 0.2) is 0 Å². The first-order valence-corrected chi connectivity index (χ1v) is 20.5. The summed E-state index contributed by atoms with van der Waals surface area (Å²) in [5.41, 5.74) is 7.42. The van der Waals surface area contributed by atoms with Gasteiger partial charge in [0.05, 0.1) is 61.3 Å². The molecule has 3 aromatic heterocycles. The zero-order valence-corrected chi connectivity index (χ0v) is 34.3. The van der Waals surface area contributed by atoms with Crippen LogP contribution in [0.25, 0.3) is 44.7 Å². The largest absolute Gasteiger partial charge is 0.465 e. The van der Waals surface area contributed by atoms with Crippen LogP contribution < -0.4 is 15.4 Å². The molecule has 3 aliphatic rings. The van der Waals surface area contributed by atoms with Gasteiger partial charge >= 0.3 is 12.2 Å². The molecule has 9 rings (SSSR count). The summed E-state index contributed by atoms with van der Waals surface area (Å²) in [7, 11) is 2.54. The number of rotatable bonds is 9. The van der Waals surface area contributed by atoms with Crippen LogP contribution in [-0.2, 0) is 19.1 Å². The summed E-state index contributed by atoms with van der Waals surface area (Å²) in [4.78, 5) is 70.1. The van der Waals surface area contributed by atoms with Crippen molar-refractivity contribution >= 4 is 34.9 Å². The van der Waals surface area contributed by atoms with Crippen molar-refractivity contribution in [1.29, 1.82) is 0 Å². The van der Waals surface area contributed by atoms with Gasteiger partial charge in [-0.25, -0.2) is 19.6 Å². The second-order valence-electron chi connectivity index (χ2n) is 15.7. The van der Waals surface area contributed by atoms with E-state index in [9.17, 15) is 19.2 Å². The first-order chi connectivity index (χ1) is 29.6. The van der Waals surface area contributed by atoms with E-state index in [2.05, 4.69) is 77.1 Å². The Morgan fingerprint density at radius 3 is 1.87 bits per heavy atom. The number of carbonyl (C=O) groups excluding carboxylic acids is 4. The first kappa shape index (κ1) is 39.4. The molecule has 0 spiro atoms. The molecule has 16 heteroatoms. The molecule has 6 heterocycles. The summed E-state index contributed by atoms with van der Waals surface area (Å²) >= 11 is 0. The molecule has 4 amide bonds. The number of benzene rings is 3. The summed E-state index contributed by atoms with van der Waals surface area (Å²) in [6.45, 7) is 4.45. The number of methoxy groups -OCH3 is 2. The van der Waals surface area contributed by atoms with Crippen LogP contribution >= 0.6 is 0 Å². The van der Waals surface area contributed by atoms with Crippen molar-refractivity contribution in [2.24, 2.45) is 0 Å². The van der Waals surface area contributed by atoms with Gasteiger partial charge in [0.1, 0.15) is 29.5 Å². The average Bonchev–Trinajstić information content (AvgIpc) is 4.14. The molecule has 0 aliphatic carbocycles. The highest BCUT2D eigenvalue weighted by molar-refractivity contribution is 5.93. The van der Waals surface area contributed by atoms with Gasteiger partial charge in [-0.2, -0.15) is 0 Å². The number of H-pyrrole nitrogens is 2. The number of hydrogen-bond donors (Lipinski definition) is 4. The lowest BCUT2D eigenvalue weighted by Crippen LogP contribution is -2.46. The smallest absolute Gasteiger partial charge is 0.407 e. The predicted octanol–water partition coefficient (Wildman–Crippen LogP) is 6.84. The lowest BCUT2D eigenvalue weighted by Gasteiger charge is -2.30. The van der Waals surface area contributed by atoms with Crippen LogP contribution in [0.5, 0.6) is 5.75 Å². The molecule has 0 unspecified atom stereocenters. The van der Waals surface area contributed by atoms with Gasteiger partial charge in [-0.1, -0.05) is 42.5 Å². The van der Waals surface area contributed by atoms with Crippen LogP contribution in [0.15, 0.2) is 85.2 Å². The molecule has 2 saturated heterocycles. The Kier molecular flexibility index (Phi) is 10.4. The van der Waals surface area contributed by atoms with E-state index < -0.39 is 30.5 Å². The Bertz CT molecular complexity index is 2630. The van der Waals surface area contributed by atoms with E-state index in [-0.39, 0.29) is 23.9 Å². The van der Waals surface area contributed by atoms with E-state index in [4.69, 9.17) is 14.7 Å². The molecule has 3 aromatic carbocycles. The zero-order valence-electron chi connectivity index (χ0n) is 34.3. The number of nitrogens with zero attached hydrogens (tertiary/aromatic N) is 5. The van der Waals surface area contributed by atoms with Crippen molar-refractivity contribution in [2.45, 2.75) is 69.9 Å². The van der Waals surface area contributed by atoms with Crippen LogP contribution in [0, 0.1) is 0 Å². The van der Waals surface area contributed by atoms with Crippen molar-refractivity contribution in [3.05, 3.63) is 102 Å². The second kappa shape index (κ2) is 16.2. The summed E-state index contributed by atoms with van der Waals surface area (Å²) in [5, 5.41) is 6.18. The normalized spacial score (nSPS) is 19.1. The number of amides is 4. The number of ether oxygens (including phenoxy) is 3. The minimum Gasteiger partial charge on any atom is -0.465 e. The number of hydrogen-bond acceptors (Lipinski definition) is 9. The Morgan fingerprint density at radius 1 is 0.738 bits per heavy atom.